The zero-order valence-corrected chi connectivity index (χ0v) is 15.4. The maximum atomic E-state index is 13.2. The fourth-order valence-corrected chi connectivity index (χ4v) is 2.39. The molecule has 1 atom stereocenters. The average Bonchev–Trinajstić information content (AvgIpc) is 2.62. The van der Waals surface area contributed by atoms with E-state index in [1.54, 1.807) is 24.3 Å². The van der Waals surface area contributed by atoms with Crippen molar-refractivity contribution in [2.45, 2.75) is 32.5 Å². The van der Waals surface area contributed by atoms with Crippen molar-refractivity contribution >= 4 is 23.3 Å². The molecule has 0 aliphatic heterocycles. The summed E-state index contributed by atoms with van der Waals surface area (Å²) in [5.41, 5.74) is -1.16. The van der Waals surface area contributed by atoms with Crippen LogP contribution in [0, 0.1) is 17.0 Å². The quantitative estimate of drug-likeness (QED) is 0.440. The Bertz CT molecular complexity index is 926. The molecule has 0 aromatic heterocycles. The molecule has 1 N–H and O–H groups in total. The van der Waals surface area contributed by atoms with Crippen molar-refractivity contribution in [1.29, 1.82) is 0 Å². The number of nitro groups is 1. The lowest BCUT2D eigenvalue weighted by Crippen LogP contribution is -2.31. The maximum absolute atomic E-state index is 13.2. The van der Waals surface area contributed by atoms with Gasteiger partial charge in [-0.1, -0.05) is 29.8 Å². The first-order valence-electron chi connectivity index (χ1n) is 8.39. The molecule has 29 heavy (non-hydrogen) atoms. The first-order valence-corrected chi connectivity index (χ1v) is 8.39. The van der Waals surface area contributed by atoms with Crippen molar-refractivity contribution in [3.05, 3.63) is 69.3 Å². The summed E-state index contributed by atoms with van der Waals surface area (Å²) in [6.07, 6.45) is -6.41. The summed E-state index contributed by atoms with van der Waals surface area (Å²) in [5, 5.41) is 12.7. The van der Waals surface area contributed by atoms with Crippen LogP contribution in [0.25, 0.3) is 0 Å². The van der Waals surface area contributed by atoms with Gasteiger partial charge in [0, 0.05) is 12.1 Å². The lowest BCUT2D eigenvalue weighted by molar-refractivity contribution is -0.385. The number of nitrogens with one attached hydrogen (secondary N) is 1. The third kappa shape index (κ3) is 6.03. The minimum Gasteiger partial charge on any atom is -0.452 e. The Kier molecular flexibility index (Phi) is 6.57. The molecule has 0 heterocycles. The van der Waals surface area contributed by atoms with Gasteiger partial charge in [-0.2, -0.15) is 13.2 Å². The van der Waals surface area contributed by atoms with E-state index >= 15 is 0 Å². The van der Waals surface area contributed by atoms with E-state index in [-0.39, 0.29) is 6.42 Å². The molecule has 7 nitrogen and oxygen atoms in total. The van der Waals surface area contributed by atoms with Crippen LogP contribution in [0.1, 0.15) is 23.6 Å². The monoisotopic (exact) mass is 410 g/mol. The minimum atomic E-state index is -4.93. The van der Waals surface area contributed by atoms with Gasteiger partial charge in [-0.25, -0.2) is 0 Å². The van der Waals surface area contributed by atoms with Crippen LogP contribution in [-0.4, -0.2) is 22.9 Å². The van der Waals surface area contributed by atoms with Gasteiger partial charge in [0.2, 0.25) is 0 Å². The molecule has 2 rings (SSSR count). The standard InChI is InChI=1S/C19H17F3N2O5/c1-11-3-5-13(6-4-11)9-17(25)29-12(2)18(26)23-16-8-7-14(24(27)28)10-15(16)19(20,21)22/h3-8,10,12H,9H2,1-2H3,(H,23,26)/t12-/m1/s1. The van der Waals surface area contributed by atoms with Crippen molar-refractivity contribution in [2.75, 3.05) is 5.32 Å². The number of hydrogen-bond acceptors (Lipinski definition) is 5. The van der Waals surface area contributed by atoms with Gasteiger partial charge in [-0.3, -0.25) is 19.7 Å². The average molecular weight is 410 g/mol. The molecular formula is C19H17F3N2O5. The molecule has 0 radical (unpaired) electrons. The van der Waals surface area contributed by atoms with Crippen molar-refractivity contribution in [1.82, 2.24) is 0 Å². The molecule has 0 fully saturated rings. The molecule has 0 unspecified atom stereocenters. The maximum Gasteiger partial charge on any atom is 0.418 e. The Morgan fingerprint density at radius 3 is 2.34 bits per heavy atom. The van der Waals surface area contributed by atoms with Gasteiger partial charge < -0.3 is 10.1 Å². The topological polar surface area (TPSA) is 98.5 Å². The van der Waals surface area contributed by atoms with E-state index < -0.39 is 46.0 Å². The Morgan fingerprint density at radius 1 is 1.17 bits per heavy atom. The number of aryl methyl sites for hydroxylation is 1. The Labute approximate surface area is 163 Å². The number of esters is 1. The molecule has 2 aromatic rings. The number of benzene rings is 2. The van der Waals surface area contributed by atoms with E-state index in [1.807, 2.05) is 12.2 Å². The summed E-state index contributed by atoms with van der Waals surface area (Å²) in [7, 11) is 0. The number of ether oxygens (including phenoxy) is 1. The number of hydrogen-bond donors (Lipinski definition) is 1. The fraction of sp³-hybridized carbons (Fsp3) is 0.263. The summed E-state index contributed by atoms with van der Waals surface area (Å²) in [6.45, 7) is 3.09. The minimum absolute atomic E-state index is 0.108. The number of nitrogens with zero attached hydrogens (tertiary/aromatic N) is 1. The van der Waals surface area contributed by atoms with Crippen molar-refractivity contribution < 1.29 is 32.4 Å². The van der Waals surface area contributed by atoms with E-state index in [1.165, 1.54) is 6.92 Å². The van der Waals surface area contributed by atoms with Crippen LogP contribution in [0.4, 0.5) is 24.5 Å². The molecule has 154 valence electrons. The van der Waals surface area contributed by atoms with Gasteiger partial charge >= 0.3 is 12.1 Å². The first-order chi connectivity index (χ1) is 13.5. The Hall–Kier alpha value is -3.43. The number of anilines is 1. The summed E-state index contributed by atoms with van der Waals surface area (Å²) in [4.78, 5) is 33.8. The molecule has 2 aromatic carbocycles. The second-order valence-electron chi connectivity index (χ2n) is 6.27. The number of carbonyl (C=O) groups is 2. The molecule has 0 spiro atoms. The number of alkyl halides is 3. The van der Waals surface area contributed by atoms with Crippen LogP contribution < -0.4 is 5.32 Å². The molecular weight excluding hydrogens is 393 g/mol. The first kappa shape index (κ1) is 21.9. The zero-order valence-electron chi connectivity index (χ0n) is 15.4. The number of rotatable bonds is 6. The normalized spacial score (nSPS) is 12.2. The Balaban J connectivity index is 2.07. The largest absolute Gasteiger partial charge is 0.452 e. The summed E-state index contributed by atoms with van der Waals surface area (Å²) >= 11 is 0. The highest BCUT2D eigenvalue weighted by atomic mass is 19.4. The van der Waals surface area contributed by atoms with Crippen molar-refractivity contribution in [2.24, 2.45) is 0 Å². The third-order valence-corrected chi connectivity index (χ3v) is 3.92. The molecule has 10 heteroatoms. The number of carbonyl (C=O) groups excluding carboxylic acids is 2. The van der Waals surface area contributed by atoms with Crippen LogP contribution in [0.2, 0.25) is 0 Å². The third-order valence-electron chi connectivity index (χ3n) is 3.92. The second-order valence-corrected chi connectivity index (χ2v) is 6.27. The number of nitro benzene ring substituents is 1. The van der Waals surface area contributed by atoms with Gasteiger partial charge in [0.15, 0.2) is 6.10 Å². The lowest BCUT2D eigenvalue weighted by atomic mass is 10.1. The molecule has 0 aliphatic carbocycles. The summed E-state index contributed by atoms with van der Waals surface area (Å²) < 4.78 is 44.5. The van der Waals surface area contributed by atoms with Gasteiger partial charge in [0.25, 0.3) is 11.6 Å². The van der Waals surface area contributed by atoms with E-state index in [2.05, 4.69) is 0 Å². The number of halogens is 3. The number of non-ortho nitro benzene ring substituents is 1. The molecule has 0 saturated heterocycles. The van der Waals surface area contributed by atoms with E-state index in [9.17, 15) is 32.9 Å². The van der Waals surface area contributed by atoms with Crippen LogP contribution in [0.3, 0.4) is 0 Å². The van der Waals surface area contributed by atoms with Crippen LogP contribution in [0.15, 0.2) is 42.5 Å². The molecule has 0 saturated carbocycles. The van der Waals surface area contributed by atoms with Crippen LogP contribution in [-0.2, 0) is 26.9 Å². The SMILES string of the molecule is Cc1ccc(CC(=O)O[C@H](C)C(=O)Nc2ccc([N+](=O)[O-])cc2C(F)(F)F)cc1. The van der Waals surface area contributed by atoms with E-state index in [0.717, 1.165) is 17.7 Å². The molecule has 0 aliphatic rings. The van der Waals surface area contributed by atoms with Crippen molar-refractivity contribution in [3.63, 3.8) is 0 Å². The highest BCUT2D eigenvalue weighted by Crippen LogP contribution is 2.37. The highest BCUT2D eigenvalue weighted by molar-refractivity contribution is 5.96. The highest BCUT2D eigenvalue weighted by Gasteiger charge is 2.36. The Morgan fingerprint density at radius 2 is 1.79 bits per heavy atom. The summed E-state index contributed by atoms with van der Waals surface area (Å²) in [6, 6.07) is 8.96. The fourth-order valence-electron chi connectivity index (χ4n) is 2.39. The predicted molar refractivity (Wildman–Crippen MR) is 97.2 cm³/mol. The number of amides is 1. The van der Waals surface area contributed by atoms with Gasteiger partial charge in [0.1, 0.15) is 0 Å². The molecule has 0 bridgehead atoms. The van der Waals surface area contributed by atoms with E-state index in [0.29, 0.717) is 11.6 Å². The summed E-state index contributed by atoms with van der Waals surface area (Å²) in [5.74, 6) is -1.72. The van der Waals surface area contributed by atoms with Gasteiger partial charge in [-0.05, 0) is 25.5 Å². The lowest BCUT2D eigenvalue weighted by Gasteiger charge is -2.17. The smallest absolute Gasteiger partial charge is 0.418 e. The van der Waals surface area contributed by atoms with E-state index in [4.69, 9.17) is 4.74 Å². The molecule has 1 amide bonds. The van der Waals surface area contributed by atoms with Crippen LogP contribution in [0.5, 0.6) is 0 Å². The van der Waals surface area contributed by atoms with Crippen molar-refractivity contribution in [3.8, 4) is 0 Å². The van der Waals surface area contributed by atoms with Gasteiger partial charge in [0.05, 0.1) is 22.6 Å². The zero-order chi connectivity index (χ0) is 21.8. The van der Waals surface area contributed by atoms with Gasteiger partial charge in [-0.15, -0.1) is 0 Å². The second kappa shape index (κ2) is 8.72. The van der Waals surface area contributed by atoms with Crippen LogP contribution >= 0.6 is 0 Å². The predicted octanol–water partition coefficient (Wildman–Crippen LogP) is 4.03.